The van der Waals surface area contributed by atoms with Crippen LogP contribution in [0.5, 0.6) is 0 Å². The van der Waals surface area contributed by atoms with Gasteiger partial charge in [-0.1, -0.05) is 18.5 Å². The average Bonchev–Trinajstić information content (AvgIpc) is 1.98. The zero-order valence-electron chi connectivity index (χ0n) is 6.88. The third-order valence-corrected chi connectivity index (χ3v) is 1.79. The highest BCUT2D eigenvalue weighted by Gasteiger charge is 2.34. The summed E-state index contributed by atoms with van der Waals surface area (Å²) in [6.07, 6.45) is 1.18. The van der Waals surface area contributed by atoms with Crippen LogP contribution >= 0.6 is 11.6 Å². The fourth-order valence-electron chi connectivity index (χ4n) is 0.879. The van der Waals surface area contributed by atoms with Crippen molar-refractivity contribution >= 4 is 17.6 Å². The van der Waals surface area contributed by atoms with E-state index in [2.05, 4.69) is 0 Å². The predicted molar refractivity (Wildman–Crippen MR) is 44.9 cm³/mol. The molecule has 0 atom stereocenters. The number of carbonyl (C=O) groups is 1. The summed E-state index contributed by atoms with van der Waals surface area (Å²) in [4.78, 5) is 10.8. The van der Waals surface area contributed by atoms with E-state index in [1.807, 2.05) is 6.92 Å². The maximum absolute atomic E-state index is 10.8. The zero-order valence-corrected chi connectivity index (χ0v) is 7.63. The highest BCUT2D eigenvalue weighted by molar-refractivity contribution is 6.26. The Kier molecular flexibility index (Phi) is 3.12. The second kappa shape index (κ2) is 3.92. The standard InChI is InChI=1S/C8H11ClO3/c1-8(4-11-5-8)6-12-7(10)2-3-9/h2-3H,4-6H2,1H3/b3-2-. The van der Waals surface area contributed by atoms with Gasteiger partial charge in [-0.05, 0) is 0 Å². The SMILES string of the molecule is CC1(COC(=O)/C=C\Cl)COC1. The first-order chi connectivity index (χ1) is 5.66. The minimum Gasteiger partial charge on any atom is -0.462 e. The van der Waals surface area contributed by atoms with E-state index in [0.717, 1.165) is 5.54 Å². The molecule has 0 unspecified atom stereocenters. The van der Waals surface area contributed by atoms with Gasteiger partial charge in [0.1, 0.15) is 6.61 Å². The Balaban J connectivity index is 2.20. The summed E-state index contributed by atoms with van der Waals surface area (Å²) in [5, 5.41) is 0. The second-order valence-corrected chi connectivity index (χ2v) is 3.46. The molecular formula is C8H11ClO3. The molecule has 1 fully saturated rings. The van der Waals surface area contributed by atoms with Crippen LogP contribution < -0.4 is 0 Å². The smallest absolute Gasteiger partial charge is 0.331 e. The molecule has 12 heavy (non-hydrogen) atoms. The molecular weight excluding hydrogens is 180 g/mol. The first kappa shape index (κ1) is 9.55. The molecule has 1 aliphatic heterocycles. The van der Waals surface area contributed by atoms with Crippen LogP contribution in [0.25, 0.3) is 0 Å². The Morgan fingerprint density at radius 1 is 1.75 bits per heavy atom. The average molecular weight is 191 g/mol. The van der Waals surface area contributed by atoms with Crippen LogP contribution in [-0.2, 0) is 14.3 Å². The van der Waals surface area contributed by atoms with Gasteiger partial charge in [0.05, 0.1) is 13.2 Å². The molecule has 1 aliphatic rings. The lowest BCUT2D eigenvalue weighted by Crippen LogP contribution is -2.43. The van der Waals surface area contributed by atoms with Gasteiger partial charge in [-0.15, -0.1) is 0 Å². The lowest BCUT2D eigenvalue weighted by molar-refractivity contribution is -0.160. The summed E-state index contributed by atoms with van der Waals surface area (Å²) in [5.41, 5.74) is 1.15. The zero-order chi connectivity index (χ0) is 9.03. The molecule has 1 heterocycles. The molecule has 0 bridgehead atoms. The summed E-state index contributed by atoms with van der Waals surface area (Å²) in [5.74, 6) is -0.405. The van der Waals surface area contributed by atoms with E-state index in [1.54, 1.807) is 0 Å². The highest BCUT2D eigenvalue weighted by Crippen LogP contribution is 2.26. The molecule has 68 valence electrons. The van der Waals surface area contributed by atoms with E-state index in [1.165, 1.54) is 6.08 Å². The van der Waals surface area contributed by atoms with Crippen LogP contribution in [0.4, 0.5) is 0 Å². The second-order valence-electron chi connectivity index (χ2n) is 3.20. The van der Waals surface area contributed by atoms with E-state index in [-0.39, 0.29) is 5.41 Å². The number of hydrogen-bond acceptors (Lipinski definition) is 3. The minimum atomic E-state index is -0.405. The molecule has 0 spiro atoms. The van der Waals surface area contributed by atoms with Gasteiger partial charge < -0.3 is 9.47 Å². The molecule has 4 heteroatoms. The summed E-state index contributed by atoms with van der Waals surface area (Å²) >= 11 is 5.19. The van der Waals surface area contributed by atoms with Crippen molar-refractivity contribution in [3.63, 3.8) is 0 Å². The van der Waals surface area contributed by atoms with E-state index < -0.39 is 5.97 Å². The fraction of sp³-hybridized carbons (Fsp3) is 0.625. The largest absolute Gasteiger partial charge is 0.462 e. The molecule has 0 saturated carbocycles. The van der Waals surface area contributed by atoms with Crippen molar-refractivity contribution in [1.29, 1.82) is 0 Å². The summed E-state index contributed by atoms with van der Waals surface area (Å²) in [7, 11) is 0. The van der Waals surface area contributed by atoms with Crippen LogP contribution in [0.1, 0.15) is 6.92 Å². The van der Waals surface area contributed by atoms with Gasteiger partial charge in [0.25, 0.3) is 0 Å². The normalized spacial score (nSPS) is 20.5. The van der Waals surface area contributed by atoms with Crippen LogP contribution in [-0.4, -0.2) is 25.8 Å². The predicted octanol–water partition coefficient (Wildman–Crippen LogP) is 1.32. The van der Waals surface area contributed by atoms with Crippen molar-refractivity contribution < 1.29 is 14.3 Å². The number of ether oxygens (including phenoxy) is 2. The van der Waals surface area contributed by atoms with Crippen LogP contribution in [0.15, 0.2) is 11.6 Å². The Bertz CT molecular complexity index is 196. The molecule has 0 aliphatic carbocycles. The van der Waals surface area contributed by atoms with Crippen molar-refractivity contribution in [2.45, 2.75) is 6.92 Å². The Hall–Kier alpha value is -0.540. The van der Waals surface area contributed by atoms with Crippen LogP contribution in [0.3, 0.4) is 0 Å². The maximum atomic E-state index is 10.8. The van der Waals surface area contributed by atoms with Gasteiger partial charge in [-0.3, -0.25) is 0 Å². The summed E-state index contributed by atoms with van der Waals surface area (Å²) in [6.45, 7) is 3.72. The van der Waals surface area contributed by atoms with Crippen molar-refractivity contribution in [1.82, 2.24) is 0 Å². The molecule has 1 rings (SSSR count). The van der Waals surface area contributed by atoms with E-state index in [9.17, 15) is 4.79 Å². The number of halogens is 1. The first-order valence-corrected chi connectivity index (χ1v) is 4.11. The van der Waals surface area contributed by atoms with Gasteiger partial charge >= 0.3 is 5.97 Å². The molecule has 0 aromatic rings. The number of hydrogen-bond donors (Lipinski definition) is 0. The van der Waals surface area contributed by atoms with E-state index in [4.69, 9.17) is 21.1 Å². The number of esters is 1. The van der Waals surface area contributed by atoms with Crippen LogP contribution in [0, 0.1) is 5.41 Å². The van der Waals surface area contributed by atoms with Crippen LogP contribution in [0.2, 0.25) is 0 Å². The van der Waals surface area contributed by atoms with Crippen molar-refractivity contribution in [3.05, 3.63) is 11.6 Å². The fourth-order valence-corrected chi connectivity index (χ4v) is 0.982. The molecule has 1 saturated heterocycles. The molecule has 0 radical (unpaired) electrons. The van der Waals surface area contributed by atoms with Crippen molar-refractivity contribution in [3.8, 4) is 0 Å². The van der Waals surface area contributed by atoms with Crippen molar-refractivity contribution in [2.75, 3.05) is 19.8 Å². The lowest BCUT2D eigenvalue weighted by atomic mass is 9.90. The Morgan fingerprint density at radius 3 is 2.83 bits per heavy atom. The monoisotopic (exact) mass is 190 g/mol. The molecule has 0 amide bonds. The Morgan fingerprint density at radius 2 is 2.42 bits per heavy atom. The van der Waals surface area contributed by atoms with Gasteiger partial charge in [0, 0.05) is 17.0 Å². The number of rotatable bonds is 3. The maximum Gasteiger partial charge on any atom is 0.331 e. The number of carbonyl (C=O) groups excluding carboxylic acids is 1. The van der Waals surface area contributed by atoms with Crippen molar-refractivity contribution in [2.24, 2.45) is 5.41 Å². The molecule has 3 nitrogen and oxygen atoms in total. The first-order valence-electron chi connectivity index (χ1n) is 3.68. The summed E-state index contributed by atoms with van der Waals surface area (Å²) < 4.78 is 9.89. The van der Waals surface area contributed by atoms with E-state index in [0.29, 0.717) is 19.8 Å². The van der Waals surface area contributed by atoms with Gasteiger partial charge in [-0.2, -0.15) is 0 Å². The molecule has 0 aromatic carbocycles. The van der Waals surface area contributed by atoms with E-state index >= 15 is 0 Å². The van der Waals surface area contributed by atoms with Gasteiger partial charge in [0.15, 0.2) is 0 Å². The van der Waals surface area contributed by atoms with Gasteiger partial charge in [0.2, 0.25) is 0 Å². The molecule has 0 aromatic heterocycles. The molecule has 0 N–H and O–H groups in total. The quantitative estimate of drug-likeness (QED) is 0.498. The summed E-state index contributed by atoms with van der Waals surface area (Å²) in [6, 6.07) is 0. The third kappa shape index (κ3) is 2.50. The Labute approximate surface area is 76.3 Å². The lowest BCUT2D eigenvalue weighted by Gasteiger charge is -2.36. The third-order valence-electron chi connectivity index (χ3n) is 1.66. The topological polar surface area (TPSA) is 35.5 Å². The van der Waals surface area contributed by atoms with Gasteiger partial charge in [-0.25, -0.2) is 4.79 Å². The highest BCUT2D eigenvalue weighted by atomic mass is 35.5. The minimum absolute atomic E-state index is 0.00973.